The van der Waals surface area contributed by atoms with E-state index in [1.807, 2.05) is 67.6 Å². The van der Waals surface area contributed by atoms with Gasteiger partial charge in [-0.25, -0.2) is 0 Å². The van der Waals surface area contributed by atoms with Gasteiger partial charge < -0.3 is 5.32 Å². The van der Waals surface area contributed by atoms with Gasteiger partial charge in [0.1, 0.15) is 0 Å². The Bertz CT molecular complexity index is 650. The van der Waals surface area contributed by atoms with Crippen LogP contribution in [0.15, 0.2) is 60.7 Å². The molecule has 0 fully saturated rings. The molecule has 2 rings (SSSR count). The number of rotatable bonds is 6. The molecule has 0 saturated heterocycles. The Morgan fingerprint density at radius 2 is 1.67 bits per heavy atom. The number of carbonyl (C=O) groups is 1. The lowest BCUT2D eigenvalue weighted by Crippen LogP contribution is -2.47. The van der Waals surface area contributed by atoms with Crippen molar-refractivity contribution >= 4 is 35.0 Å². The first-order chi connectivity index (χ1) is 11.6. The summed E-state index contributed by atoms with van der Waals surface area (Å²) < 4.78 is 0. The van der Waals surface area contributed by atoms with Crippen molar-refractivity contribution in [2.75, 3.05) is 5.75 Å². The first kappa shape index (κ1) is 18.3. The number of benzene rings is 2. The summed E-state index contributed by atoms with van der Waals surface area (Å²) in [4.78, 5) is 11.8. The molecule has 1 atom stereocenters. The lowest BCUT2D eigenvalue weighted by atomic mass is 10.1. The number of hydrogen-bond acceptors (Lipinski definition) is 3. The highest BCUT2D eigenvalue weighted by atomic mass is 32.2. The third-order valence-electron chi connectivity index (χ3n) is 3.31. The first-order valence-corrected chi connectivity index (χ1v) is 9.23. The first-order valence-electron chi connectivity index (χ1n) is 7.67. The van der Waals surface area contributed by atoms with Crippen molar-refractivity contribution in [3.8, 4) is 0 Å². The van der Waals surface area contributed by atoms with Crippen LogP contribution in [0, 0.1) is 0 Å². The molecule has 0 unspecified atom stereocenters. The number of nitrogens with one attached hydrogen (secondary N) is 3. The molecule has 0 radical (unpaired) electrons. The van der Waals surface area contributed by atoms with Crippen molar-refractivity contribution in [2.24, 2.45) is 0 Å². The molecule has 0 aliphatic rings. The van der Waals surface area contributed by atoms with Crippen LogP contribution in [0.3, 0.4) is 0 Å². The average molecular weight is 360 g/mol. The molecule has 0 bridgehead atoms. The lowest BCUT2D eigenvalue weighted by Gasteiger charge is -2.17. The number of hydrogen-bond donors (Lipinski definition) is 3. The molecule has 0 heterocycles. The van der Waals surface area contributed by atoms with Crippen LogP contribution >= 0.6 is 24.0 Å². The van der Waals surface area contributed by atoms with Crippen molar-refractivity contribution in [1.82, 2.24) is 16.2 Å². The average Bonchev–Trinajstić information content (AvgIpc) is 2.61. The highest BCUT2D eigenvalue weighted by molar-refractivity contribution is 7.99. The molecule has 0 spiro atoms. The van der Waals surface area contributed by atoms with E-state index in [2.05, 4.69) is 16.2 Å². The van der Waals surface area contributed by atoms with Crippen LogP contribution in [0.5, 0.6) is 0 Å². The van der Waals surface area contributed by atoms with Gasteiger partial charge >= 0.3 is 0 Å². The summed E-state index contributed by atoms with van der Waals surface area (Å²) >= 11 is 6.76. The van der Waals surface area contributed by atoms with E-state index in [9.17, 15) is 4.79 Å². The zero-order chi connectivity index (χ0) is 17.2. The number of carbonyl (C=O) groups excluding carboxylic acids is 1. The molecule has 2 aromatic carbocycles. The third-order valence-corrected chi connectivity index (χ3v) is 4.53. The highest BCUT2D eigenvalue weighted by Crippen LogP contribution is 2.11. The number of thioether (sulfide) groups is 1. The SMILES string of the molecule is C[C@@H](NC(=S)NNC(=O)CSCc1ccccc1)c1ccccc1. The predicted octanol–water partition coefficient (Wildman–Crippen LogP) is 3.18. The third kappa shape index (κ3) is 6.60. The number of thiocarbonyl (C=S) groups is 1. The monoisotopic (exact) mass is 359 g/mol. The number of amides is 1. The van der Waals surface area contributed by atoms with Gasteiger partial charge in [0.25, 0.3) is 0 Å². The van der Waals surface area contributed by atoms with Gasteiger partial charge in [-0.15, -0.1) is 11.8 Å². The lowest BCUT2D eigenvalue weighted by molar-refractivity contribution is -0.119. The second-order valence-electron chi connectivity index (χ2n) is 5.26. The van der Waals surface area contributed by atoms with Gasteiger partial charge in [-0.1, -0.05) is 60.7 Å². The zero-order valence-electron chi connectivity index (χ0n) is 13.5. The van der Waals surface area contributed by atoms with E-state index in [-0.39, 0.29) is 11.9 Å². The summed E-state index contributed by atoms with van der Waals surface area (Å²) in [5.74, 6) is 1.08. The van der Waals surface area contributed by atoms with E-state index < -0.39 is 0 Å². The standard InChI is InChI=1S/C18H21N3OS2/c1-14(16-10-6-3-7-11-16)19-18(23)21-20-17(22)13-24-12-15-8-4-2-5-9-15/h2-11,14H,12-13H2,1H3,(H,20,22)(H2,19,21,23)/t14-/m1/s1. The van der Waals surface area contributed by atoms with Gasteiger partial charge in [0.2, 0.25) is 5.91 Å². The van der Waals surface area contributed by atoms with E-state index in [1.165, 1.54) is 5.56 Å². The summed E-state index contributed by atoms with van der Waals surface area (Å²) in [6, 6.07) is 20.1. The summed E-state index contributed by atoms with van der Waals surface area (Å²) in [6.07, 6.45) is 0. The van der Waals surface area contributed by atoms with Gasteiger partial charge in [-0.2, -0.15) is 0 Å². The van der Waals surface area contributed by atoms with E-state index in [0.29, 0.717) is 10.9 Å². The normalized spacial score (nSPS) is 11.4. The maximum absolute atomic E-state index is 11.8. The Balaban J connectivity index is 1.63. The largest absolute Gasteiger partial charge is 0.355 e. The quantitative estimate of drug-likeness (QED) is 0.546. The Kier molecular flexibility index (Phi) is 7.58. The zero-order valence-corrected chi connectivity index (χ0v) is 15.1. The molecule has 4 nitrogen and oxygen atoms in total. The maximum atomic E-state index is 11.8. The Morgan fingerprint density at radius 3 is 2.33 bits per heavy atom. The molecule has 2 aromatic rings. The fourth-order valence-electron chi connectivity index (χ4n) is 2.06. The molecular formula is C18H21N3OS2. The minimum absolute atomic E-state index is 0.0653. The Morgan fingerprint density at radius 1 is 1.04 bits per heavy atom. The summed E-state index contributed by atoms with van der Waals surface area (Å²) in [7, 11) is 0. The molecule has 0 aliphatic carbocycles. The van der Waals surface area contributed by atoms with E-state index >= 15 is 0 Å². The van der Waals surface area contributed by atoms with Crippen LogP contribution in [-0.4, -0.2) is 16.8 Å². The molecule has 1 amide bonds. The molecular weight excluding hydrogens is 338 g/mol. The molecule has 0 aromatic heterocycles. The van der Waals surface area contributed by atoms with Gasteiger partial charge in [0, 0.05) is 5.75 Å². The molecule has 126 valence electrons. The van der Waals surface area contributed by atoms with Crippen molar-refractivity contribution in [1.29, 1.82) is 0 Å². The topological polar surface area (TPSA) is 53.2 Å². The number of hydrazine groups is 1. The second-order valence-corrected chi connectivity index (χ2v) is 6.65. The predicted molar refractivity (Wildman–Crippen MR) is 104 cm³/mol. The van der Waals surface area contributed by atoms with Crippen molar-refractivity contribution in [3.63, 3.8) is 0 Å². The Labute approximate surface area is 152 Å². The highest BCUT2D eigenvalue weighted by Gasteiger charge is 2.07. The minimum atomic E-state index is -0.104. The minimum Gasteiger partial charge on any atom is -0.355 e. The van der Waals surface area contributed by atoms with Gasteiger partial charge in [-0.3, -0.25) is 15.6 Å². The Hall–Kier alpha value is -2.05. The van der Waals surface area contributed by atoms with Crippen molar-refractivity contribution in [2.45, 2.75) is 18.7 Å². The molecule has 6 heteroatoms. The molecule has 24 heavy (non-hydrogen) atoms. The smallest absolute Gasteiger partial charge is 0.248 e. The van der Waals surface area contributed by atoms with Gasteiger partial charge in [0.05, 0.1) is 11.8 Å². The van der Waals surface area contributed by atoms with Crippen LogP contribution in [0.4, 0.5) is 0 Å². The van der Waals surface area contributed by atoms with E-state index in [4.69, 9.17) is 12.2 Å². The van der Waals surface area contributed by atoms with Crippen LogP contribution in [-0.2, 0) is 10.5 Å². The maximum Gasteiger partial charge on any atom is 0.248 e. The molecule has 3 N–H and O–H groups in total. The van der Waals surface area contributed by atoms with E-state index in [0.717, 1.165) is 11.3 Å². The van der Waals surface area contributed by atoms with Crippen LogP contribution in [0.25, 0.3) is 0 Å². The fraction of sp³-hybridized carbons (Fsp3) is 0.222. The van der Waals surface area contributed by atoms with Crippen LogP contribution in [0.1, 0.15) is 24.1 Å². The van der Waals surface area contributed by atoms with Gasteiger partial charge in [0.15, 0.2) is 5.11 Å². The summed E-state index contributed by atoms with van der Waals surface area (Å²) in [6.45, 7) is 2.01. The van der Waals surface area contributed by atoms with Gasteiger partial charge in [-0.05, 0) is 30.3 Å². The molecule has 0 saturated carbocycles. The summed E-state index contributed by atoms with van der Waals surface area (Å²) in [5, 5.41) is 3.53. The fourth-order valence-corrected chi connectivity index (χ4v) is 3.07. The second kappa shape index (κ2) is 9.95. The van der Waals surface area contributed by atoms with Crippen molar-refractivity contribution in [3.05, 3.63) is 71.8 Å². The van der Waals surface area contributed by atoms with Crippen LogP contribution in [0.2, 0.25) is 0 Å². The summed E-state index contributed by atoms with van der Waals surface area (Å²) in [5.41, 5.74) is 7.69. The molecule has 0 aliphatic heterocycles. The van der Waals surface area contributed by atoms with E-state index in [1.54, 1.807) is 11.8 Å². The van der Waals surface area contributed by atoms with Crippen LogP contribution < -0.4 is 16.2 Å². The van der Waals surface area contributed by atoms with Crippen molar-refractivity contribution < 1.29 is 4.79 Å².